The van der Waals surface area contributed by atoms with Gasteiger partial charge in [0.1, 0.15) is 0 Å². The average Bonchev–Trinajstić information content (AvgIpc) is 3.20. The van der Waals surface area contributed by atoms with Crippen molar-refractivity contribution in [1.82, 2.24) is 23.9 Å². The normalized spacial score (nSPS) is 19.4. The first kappa shape index (κ1) is 20.6. The number of aromatic nitrogens is 3. The molecule has 2 aliphatic heterocycles. The first-order chi connectivity index (χ1) is 15.6. The van der Waals surface area contributed by atoms with Gasteiger partial charge in [-0.25, -0.2) is 9.59 Å². The third-order valence-corrected chi connectivity index (χ3v) is 6.36. The topological polar surface area (TPSA) is 124 Å². The van der Waals surface area contributed by atoms with E-state index >= 15 is 0 Å². The summed E-state index contributed by atoms with van der Waals surface area (Å²) in [7, 11) is 5.15. The molecule has 1 aromatic carbocycles. The van der Waals surface area contributed by atoms with Gasteiger partial charge in [-0.1, -0.05) is 18.2 Å². The molecule has 2 aromatic heterocycles. The number of barbiturate groups is 1. The van der Waals surface area contributed by atoms with Crippen LogP contribution in [0.5, 0.6) is 5.88 Å². The maximum atomic E-state index is 13.5. The largest absolute Gasteiger partial charge is 0.450 e. The fraction of sp³-hybridized carbons (Fsp3) is 0.273. The molecule has 4 heterocycles. The first-order valence-corrected chi connectivity index (χ1v) is 10.0. The van der Waals surface area contributed by atoms with Gasteiger partial charge < -0.3 is 4.74 Å². The lowest BCUT2D eigenvalue weighted by atomic mass is 9.77. The highest BCUT2D eigenvalue weighted by Gasteiger charge is 2.68. The highest BCUT2D eigenvalue weighted by Crippen LogP contribution is 2.49. The van der Waals surface area contributed by atoms with Crippen molar-refractivity contribution in [3.63, 3.8) is 0 Å². The first-order valence-electron chi connectivity index (χ1n) is 10.0. The number of carbonyl (C=O) groups excluding carboxylic acids is 3. The monoisotopic (exact) mass is 449 g/mol. The number of hydrogen-bond acceptors (Lipinski definition) is 7. The smallest absolute Gasteiger partial charge is 0.333 e. The van der Waals surface area contributed by atoms with Crippen molar-refractivity contribution in [1.29, 1.82) is 0 Å². The Morgan fingerprint density at radius 3 is 2.21 bits per heavy atom. The van der Waals surface area contributed by atoms with Crippen LogP contribution in [0, 0.1) is 0 Å². The Kier molecular flexibility index (Phi) is 4.13. The molecule has 0 saturated carbocycles. The Hall–Kier alpha value is -4.28. The van der Waals surface area contributed by atoms with Crippen molar-refractivity contribution < 1.29 is 19.1 Å². The van der Waals surface area contributed by atoms with Crippen molar-refractivity contribution in [3.05, 3.63) is 68.5 Å². The van der Waals surface area contributed by atoms with Crippen LogP contribution in [0.25, 0.3) is 10.9 Å². The summed E-state index contributed by atoms with van der Waals surface area (Å²) in [4.78, 5) is 71.3. The van der Waals surface area contributed by atoms with Gasteiger partial charge in [-0.2, -0.15) is 0 Å². The zero-order valence-corrected chi connectivity index (χ0v) is 18.2. The Morgan fingerprint density at radius 2 is 1.55 bits per heavy atom. The van der Waals surface area contributed by atoms with Crippen LogP contribution in [0.1, 0.15) is 17.0 Å². The number of urea groups is 1. The molecule has 2 aliphatic rings. The maximum Gasteiger partial charge on any atom is 0.333 e. The lowest BCUT2D eigenvalue weighted by molar-refractivity contribution is -0.164. The van der Waals surface area contributed by atoms with Gasteiger partial charge in [0.25, 0.3) is 23.0 Å². The van der Waals surface area contributed by atoms with Gasteiger partial charge in [0.05, 0.1) is 17.0 Å². The average molecular weight is 449 g/mol. The third-order valence-electron chi connectivity index (χ3n) is 6.36. The second-order valence-corrected chi connectivity index (χ2v) is 8.17. The summed E-state index contributed by atoms with van der Waals surface area (Å²) < 4.78 is 7.92. The predicted octanol–water partition coefficient (Wildman–Crippen LogP) is -0.0543. The summed E-state index contributed by atoms with van der Waals surface area (Å²) in [6.07, 6.45) is 1.47. The lowest BCUT2D eigenvalue weighted by Gasteiger charge is -2.41. The molecule has 1 saturated heterocycles. The molecule has 0 bridgehead atoms. The Balaban J connectivity index is 1.89. The van der Waals surface area contributed by atoms with Crippen LogP contribution in [0.4, 0.5) is 4.79 Å². The predicted molar refractivity (Wildman–Crippen MR) is 115 cm³/mol. The minimum Gasteiger partial charge on any atom is -0.450 e. The summed E-state index contributed by atoms with van der Waals surface area (Å²) in [5.41, 5.74) is -2.67. The fourth-order valence-electron chi connectivity index (χ4n) is 4.61. The molecular weight excluding hydrogens is 430 g/mol. The van der Waals surface area contributed by atoms with Crippen LogP contribution in [-0.2, 0) is 23.7 Å². The zero-order valence-electron chi connectivity index (χ0n) is 18.2. The van der Waals surface area contributed by atoms with E-state index in [0.29, 0.717) is 16.5 Å². The molecule has 1 atom stereocenters. The number of para-hydroxylation sites is 1. The zero-order chi connectivity index (χ0) is 23.8. The Morgan fingerprint density at radius 1 is 0.909 bits per heavy atom. The highest BCUT2D eigenvalue weighted by molar-refractivity contribution is 6.22. The van der Waals surface area contributed by atoms with Gasteiger partial charge in [0.2, 0.25) is 5.88 Å². The molecule has 33 heavy (non-hydrogen) atoms. The van der Waals surface area contributed by atoms with E-state index < -0.39 is 40.6 Å². The summed E-state index contributed by atoms with van der Waals surface area (Å²) in [5, 5.41) is 0.716. The Labute approximate surface area is 186 Å². The van der Waals surface area contributed by atoms with Crippen molar-refractivity contribution in [3.8, 4) is 5.88 Å². The molecule has 0 aliphatic carbocycles. The van der Waals surface area contributed by atoms with E-state index in [9.17, 15) is 24.0 Å². The SMILES string of the molecule is CN1C(=O)N(C)C(=O)C2(Oc3c(c(=O)n(C)c(=O)n3C)C2c2cnc3ccccc3c2)C1=O. The van der Waals surface area contributed by atoms with Crippen LogP contribution in [-0.4, -0.2) is 61.5 Å². The van der Waals surface area contributed by atoms with Crippen LogP contribution < -0.4 is 16.0 Å². The van der Waals surface area contributed by atoms with Crippen molar-refractivity contribution in [2.24, 2.45) is 14.1 Å². The number of benzene rings is 1. The number of amides is 4. The number of imide groups is 2. The van der Waals surface area contributed by atoms with Gasteiger partial charge in [-0.3, -0.25) is 38.3 Å². The van der Waals surface area contributed by atoms with Crippen molar-refractivity contribution >= 4 is 28.7 Å². The van der Waals surface area contributed by atoms with E-state index in [0.717, 1.165) is 18.9 Å². The molecule has 0 N–H and O–H groups in total. The minimum absolute atomic E-state index is 0.0328. The lowest BCUT2D eigenvalue weighted by Crippen LogP contribution is -2.70. The second-order valence-electron chi connectivity index (χ2n) is 8.17. The number of nitrogens with zero attached hydrogens (tertiary/aromatic N) is 5. The van der Waals surface area contributed by atoms with Gasteiger partial charge in [-0.15, -0.1) is 0 Å². The van der Waals surface area contributed by atoms with Gasteiger partial charge in [0.15, 0.2) is 0 Å². The molecule has 4 amide bonds. The van der Waals surface area contributed by atoms with Gasteiger partial charge in [-0.05, 0) is 17.7 Å². The van der Waals surface area contributed by atoms with E-state index in [2.05, 4.69) is 4.98 Å². The van der Waals surface area contributed by atoms with E-state index in [1.165, 1.54) is 34.4 Å². The van der Waals surface area contributed by atoms with Crippen LogP contribution in [0.3, 0.4) is 0 Å². The molecule has 1 spiro atoms. The van der Waals surface area contributed by atoms with Crippen molar-refractivity contribution in [2.75, 3.05) is 14.1 Å². The summed E-state index contributed by atoms with van der Waals surface area (Å²) in [6.45, 7) is 0. The van der Waals surface area contributed by atoms with E-state index in [1.807, 2.05) is 12.1 Å². The number of fused-ring (bicyclic) bond motifs is 2. The van der Waals surface area contributed by atoms with Crippen LogP contribution >= 0.6 is 0 Å². The van der Waals surface area contributed by atoms with Crippen LogP contribution in [0.2, 0.25) is 0 Å². The van der Waals surface area contributed by atoms with Gasteiger partial charge in [0, 0.05) is 39.8 Å². The summed E-state index contributed by atoms with van der Waals surface area (Å²) in [6, 6.07) is 8.12. The summed E-state index contributed by atoms with van der Waals surface area (Å²) >= 11 is 0. The third kappa shape index (κ3) is 2.44. The number of likely N-dealkylation sites (N-methyl/N-ethyl adjacent to an activating group) is 2. The number of carbonyl (C=O) groups is 3. The van der Waals surface area contributed by atoms with Crippen LogP contribution in [0.15, 0.2) is 46.1 Å². The maximum absolute atomic E-state index is 13.5. The number of pyridine rings is 1. The molecule has 5 rings (SSSR count). The second kappa shape index (κ2) is 6.61. The molecule has 1 unspecified atom stereocenters. The Bertz CT molecular complexity index is 1500. The van der Waals surface area contributed by atoms with E-state index in [-0.39, 0.29) is 11.4 Å². The quantitative estimate of drug-likeness (QED) is 0.477. The molecular formula is C22H19N5O6. The molecule has 11 nitrogen and oxygen atoms in total. The van der Waals surface area contributed by atoms with E-state index in [1.54, 1.807) is 18.2 Å². The molecule has 3 aromatic rings. The molecule has 1 fully saturated rings. The van der Waals surface area contributed by atoms with E-state index in [4.69, 9.17) is 4.74 Å². The fourth-order valence-corrected chi connectivity index (χ4v) is 4.61. The number of rotatable bonds is 1. The number of hydrogen-bond donors (Lipinski definition) is 0. The molecule has 168 valence electrons. The molecule has 0 radical (unpaired) electrons. The summed E-state index contributed by atoms with van der Waals surface area (Å²) in [5.74, 6) is -3.30. The standard InChI is InChI=1S/C22H19N5O6/c1-24-16(28)14-15(12-9-11-7-5-6-8-13(11)23-10-12)22(33-17(14)25(2)20(24)31)18(29)26(3)21(32)27(4)19(22)30/h5-10,15H,1-4H3. The number of ether oxygens (including phenoxy) is 1. The highest BCUT2D eigenvalue weighted by atomic mass is 16.5. The van der Waals surface area contributed by atoms with Crippen molar-refractivity contribution in [2.45, 2.75) is 11.5 Å². The minimum atomic E-state index is -2.29. The molecule has 11 heteroatoms. The van der Waals surface area contributed by atoms with Gasteiger partial charge >= 0.3 is 11.7 Å².